The summed E-state index contributed by atoms with van der Waals surface area (Å²) in [6, 6.07) is -0.0222. The van der Waals surface area contributed by atoms with Crippen molar-refractivity contribution in [3.63, 3.8) is 0 Å². The third kappa shape index (κ3) is 2.87. The summed E-state index contributed by atoms with van der Waals surface area (Å²) in [5.41, 5.74) is 1.58. The zero-order valence-corrected chi connectivity index (χ0v) is 21.5. The van der Waals surface area contributed by atoms with Crippen molar-refractivity contribution in [1.82, 2.24) is 10.2 Å². The van der Waals surface area contributed by atoms with Crippen LogP contribution in [0.5, 0.6) is 0 Å². The van der Waals surface area contributed by atoms with Crippen molar-refractivity contribution in [2.24, 2.45) is 45.3 Å². The number of rotatable bonds is 2. The minimum absolute atomic E-state index is 0.0222. The van der Waals surface area contributed by atoms with Gasteiger partial charge in [-0.1, -0.05) is 20.8 Å². The maximum Gasteiger partial charge on any atom is 0.316 e. The van der Waals surface area contributed by atoms with Gasteiger partial charge in [0.1, 0.15) is 0 Å². The van der Waals surface area contributed by atoms with Crippen LogP contribution in [0.2, 0.25) is 0 Å². The van der Waals surface area contributed by atoms with Gasteiger partial charge >= 0.3 is 6.03 Å². The molecule has 33 heavy (non-hydrogen) atoms. The highest BCUT2D eigenvalue weighted by Gasteiger charge is 2.80. The summed E-state index contributed by atoms with van der Waals surface area (Å²) in [5, 5.41) is 13.9. The maximum atomic E-state index is 12.0. The second-order valence-corrected chi connectivity index (χ2v) is 14.0. The summed E-state index contributed by atoms with van der Waals surface area (Å²) >= 11 is 0. The van der Waals surface area contributed by atoms with Gasteiger partial charge in [0, 0.05) is 20.6 Å². The van der Waals surface area contributed by atoms with Gasteiger partial charge in [0.2, 0.25) is 0 Å². The average molecular weight is 459 g/mol. The van der Waals surface area contributed by atoms with E-state index in [-0.39, 0.29) is 23.7 Å². The Morgan fingerprint density at radius 2 is 1.73 bits per heavy atom. The third-order valence-electron chi connectivity index (χ3n) is 12.5. The van der Waals surface area contributed by atoms with Crippen LogP contribution in [-0.4, -0.2) is 55.0 Å². The van der Waals surface area contributed by atoms with E-state index < -0.39 is 0 Å². The molecular weight excluding hydrogens is 412 g/mol. The minimum atomic E-state index is -0.121. The van der Waals surface area contributed by atoms with Crippen molar-refractivity contribution >= 4 is 6.03 Å². The normalized spacial score (nSPS) is 53.6. The quantitative estimate of drug-likeness (QED) is 0.623. The number of carbonyl (C=O) groups excluding carboxylic acids is 1. The predicted molar refractivity (Wildman–Crippen MR) is 129 cm³/mol. The van der Waals surface area contributed by atoms with E-state index in [0.29, 0.717) is 40.7 Å². The SMILES string of the molecule is CN(C)C(=O)NCC1CCC2C(CC3C4CC[C@H]5C(C)(C)[C@@H](O)CCC56CC46CCC23C)O1. The lowest BCUT2D eigenvalue weighted by molar-refractivity contribution is -0.134. The molecule has 6 rings (SSSR count). The average Bonchev–Trinajstić information content (AvgIpc) is 3.35. The molecule has 10 atom stereocenters. The fraction of sp³-hybridized carbons (Fsp3) is 0.964. The molecule has 1 heterocycles. The van der Waals surface area contributed by atoms with Gasteiger partial charge in [0.25, 0.3) is 0 Å². The fourth-order valence-corrected chi connectivity index (χ4v) is 10.8. The second kappa shape index (κ2) is 7.12. The highest BCUT2D eigenvalue weighted by molar-refractivity contribution is 5.73. The lowest BCUT2D eigenvalue weighted by Gasteiger charge is -2.59. The number of nitrogens with zero attached hydrogens (tertiary/aromatic N) is 1. The largest absolute Gasteiger partial charge is 0.393 e. The van der Waals surface area contributed by atoms with Crippen molar-refractivity contribution in [1.29, 1.82) is 0 Å². The van der Waals surface area contributed by atoms with Gasteiger partial charge in [0.15, 0.2) is 0 Å². The molecule has 5 heteroatoms. The molecular formula is C28H46N2O3. The summed E-state index contributed by atoms with van der Waals surface area (Å²) in [5.74, 6) is 3.06. The van der Waals surface area contributed by atoms with Crippen LogP contribution in [-0.2, 0) is 4.74 Å². The second-order valence-electron chi connectivity index (χ2n) is 14.0. The third-order valence-corrected chi connectivity index (χ3v) is 12.5. The first-order valence-corrected chi connectivity index (χ1v) is 13.8. The minimum Gasteiger partial charge on any atom is -0.393 e. The van der Waals surface area contributed by atoms with Gasteiger partial charge in [-0.25, -0.2) is 4.79 Å². The lowest BCUT2D eigenvalue weighted by atomic mass is 9.46. The molecule has 5 aliphatic carbocycles. The van der Waals surface area contributed by atoms with Crippen molar-refractivity contribution in [2.75, 3.05) is 20.6 Å². The highest BCUT2D eigenvalue weighted by Crippen LogP contribution is 2.87. The van der Waals surface area contributed by atoms with E-state index in [1.165, 1.54) is 51.4 Å². The molecule has 186 valence electrons. The van der Waals surface area contributed by atoms with Crippen LogP contribution in [0.15, 0.2) is 0 Å². The number of carbonyl (C=O) groups is 1. The van der Waals surface area contributed by atoms with Gasteiger partial charge in [-0.2, -0.15) is 0 Å². The molecule has 0 aromatic heterocycles. The van der Waals surface area contributed by atoms with Crippen LogP contribution in [0, 0.1) is 45.3 Å². The number of aliphatic hydroxyl groups is 1. The summed E-state index contributed by atoms with van der Waals surface area (Å²) < 4.78 is 6.71. The first-order chi connectivity index (χ1) is 15.5. The molecule has 0 bridgehead atoms. The van der Waals surface area contributed by atoms with Crippen LogP contribution >= 0.6 is 0 Å². The number of aliphatic hydroxyl groups excluding tert-OH is 1. The molecule has 2 amide bonds. The number of nitrogens with one attached hydrogen (secondary N) is 1. The number of fused-ring (bicyclic) bond motifs is 4. The Kier molecular flexibility index (Phi) is 4.88. The predicted octanol–water partition coefficient (Wildman–Crippen LogP) is 4.83. The number of hydrogen-bond donors (Lipinski definition) is 2. The van der Waals surface area contributed by atoms with Crippen molar-refractivity contribution in [3.8, 4) is 0 Å². The smallest absolute Gasteiger partial charge is 0.316 e. The van der Waals surface area contributed by atoms with Gasteiger partial charge in [0.05, 0.1) is 18.3 Å². The Balaban J connectivity index is 1.19. The summed E-state index contributed by atoms with van der Waals surface area (Å²) in [6.07, 6.45) is 13.2. The van der Waals surface area contributed by atoms with Crippen LogP contribution in [0.4, 0.5) is 4.79 Å². The van der Waals surface area contributed by atoms with E-state index >= 15 is 0 Å². The van der Waals surface area contributed by atoms with Gasteiger partial charge < -0.3 is 20.1 Å². The van der Waals surface area contributed by atoms with Crippen molar-refractivity contribution < 1.29 is 14.6 Å². The summed E-state index contributed by atoms with van der Waals surface area (Å²) in [6.45, 7) is 7.96. The van der Waals surface area contributed by atoms with E-state index in [4.69, 9.17) is 4.74 Å². The van der Waals surface area contributed by atoms with E-state index in [1.807, 2.05) is 0 Å². The Hall–Kier alpha value is -0.810. The van der Waals surface area contributed by atoms with Crippen LogP contribution < -0.4 is 5.32 Å². The molecule has 5 saturated carbocycles. The molecule has 6 fully saturated rings. The highest BCUT2D eigenvalue weighted by atomic mass is 16.5. The maximum absolute atomic E-state index is 12.0. The zero-order chi connectivity index (χ0) is 23.4. The molecule has 1 aliphatic heterocycles. The number of hydrogen-bond acceptors (Lipinski definition) is 3. The number of amides is 2. The molecule has 2 N–H and O–H groups in total. The Labute approximate surface area is 200 Å². The zero-order valence-electron chi connectivity index (χ0n) is 21.5. The first-order valence-electron chi connectivity index (χ1n) is 13.8. The first kappa shape index (κ1) is 22.6. The Morgan fingerprint density at radius 3 is 2.48 bits per heavy atom. The Bertz CT molecular complexity index is 828. The van der Waals surface area contributed by atoms with E-state index in [1.54, 1.807) is 19.0 Å². The molecule has 0 aromatic carbocycles. The van der Waals surface area contributed by atoms with Gasteiger partial charge in [-0.3, -0.25) is 0 Å². The molecule has 6 aliphatic rings. The van der Waals surface area contributed by atoms with Crippen LogP contribution in [0.3, 0.4) is 0 Å². The fourth-order valence-electron chi connectivity index (χ4n) is 10.8. The molecule has 8 unspecified atom stereocenters. The number of urea groups is 1. The standard InChI is InChI=1S/C28H46N2O3/c1-25(2)22-9-8-18-20-14-21-19(7-6-17(33-21)15-29-24(32)30(4)5)26(20,3)12-13-27(18)16-28(22,27)11-10-23(25)31/h17-23,31H,6-16H2,1-5H3,(H,29,32)/t17?,18?,19?,20?,21?,22-,23-,26?,27?,28?/m0/s1. The van der Waals surface area contributed by atoms with Crippen molar-refractivity contribution in [2.45, 2.75) is 103 Å². The van der Waals surface area contributed by atoms with Gasteiger partial charge in [-0.05, 0) is 110 Å². The van der Waals surface area contributed by atoms with Crippen LogP contribution in [0.1, 0.15) is 85.0 Å². The lowest BCUT2D eigenvalue weighted by Crippen LogP contribution is -2.54. The molecule has 0 aromatic rings. The number of ether oxygens (including phenoxy) is 1. The summed E-state index contributed by atoms with van der Waals surface area (Å²) in [4.78, 5) is 13.6. The molecule has 5 nitrogen and oxygen atoms in total. The van der Waals surface area contributed by atoms with Crippen LogP contribution in [0.25, 0.3) is 0 Å². The molecule has 1 saturated heterocycles. The van der Waals surface area contributed by atoms with E-state index in [2.05, 4.69) is 26.1 Å². The van der Waals surface area contributed by atoms with Gasteiger partial charge in [-0.15, -0.1) is 0 Å². The van der Waals surface area contributed by atoms with Crippen molar-refractivity contribution in [3.05, 3.63) is 0 Å². The topological polar surface area (TPSA) is 61.8 Å². The molecule has 2 spiro atoms. The Morgan fingerprint density at radius 1 is 0.970 bits per heavy atom. The molecule has 0 radical (unpaired) electrons. The monoisotopic (exact) mass is 458 g/mol. The van der Waals surface area contributed by atoms with E-state index in [0.717, 1.165) is 24.7 Å². The summed E-state index contributed by atoms with van der Waals surface area (Å²) in [7, 11) is 3.58. The van der Waals surface area contributed by atoms with E-state index in [9.17, 15) is 9.90 Å².